The molecule has 0 aromatic heterocycles. The highest BCUT2D eigenvalue weighted by atomic mass is 16.3. The van der Waals surface area contributed by atoms with Crippen LogP contribution in [0.1, 0.15) is 45.1 Å². The third-order valence-corrected chi connectivity index (χ3v) is 4.98. The van der Waals surface area contributed by atoms with E-state index >= 15 is 0 Å². The molecule has 0 amide bonds. The molecule has 19 heavy (non-hydrogen) atoms. The van der Waals surface area contributed by atoms with E-state index in [9.17, 15) is 5.11 Å². The lowest BCUT2D eigenvalue weighted by atomic mass is 9.65. The Hall–Kier alpha value is -1.02. The van der Waals surface area contributed by atoms with Crippen molar-refractivity contribution < 1.29 is 5.11 Å². The minimum absolute atomic E-state index is 0.280. The lowest BCUT2D eigenvalue weighted by Gasteiger charge is -2.41. The number of rotatable bonds is 4. The maximum atomic E-state index is 9.36. The standard InChI is InChI=1S/C17H27NO/c1-13(2)15-7-9-17(12-18,10-8-15)11-14-3-5-16(19)6-4-14/h3-6,13,15,19H,7-12,18H2,1-2H3. The molecule has 0 atom stereocenters. The smallest absolute Gasteiger partial charge is 0.115 e. The molecule has 3 N–H and O–H groups in total. The Labute approximate surface area is 117 Å². The van der Waals surface area contributed by atoms with E-state index in [1.165, 1.54) is 31.2 Å². The summed E-state index contributed by atoms with van der Waals surface area (Å²) in [6.45, 7) is 5.44. The van der Waals surface area contributed by atoms with Gasteiger partial charge in [-0.25, -0.2) is 0 Å². The van der Waals surface area contributed by atoms with E-state index in [0.717, 1.165) is 24.8 Å². The van der Waals surface area contributed by atoms with Gasteiger partial charge in [0.05, 0.1) is 0 Å². The quantitative estimate of drug-likeness (QED) is 0.867. The van der Waals surface area contributed by atoms with Gasteiger partial charge in [0.15, 0.2) is 0 Å². The van der Waals surface area contributed by atoms with Crippen molar-refractivity contribution in [2.75, 3.05) is 6.54 Å². The van der Waals surface area contributed by atoms with Gasteiger partial charge in [0.25, 0.3) is 0 Å². The van der Waals surface area contributed by atoms with Crippen molar-refractivity contribution in [1.29, 1.82) is 0 Å². The molecule has 106 valence electrons. The number of hydrogen-bond donors (Lipinski definition) is 2. The van der Waals surface area contributed by atoms with Gasteiger partial charge in [-0.15, -0.1) is 0 Å². The molecule has 2 rings (SSSR count). The highest BCUT2D eigenvalue weighted by Crippen LogP contribution is 2.43. The Kier molecular flexibility index (Phi) is 4.51. The molecule has 2 nitrogen and oxygen atoms in total. The van der Waals surface area contributed by atoms with E-state index in [4.69, 9.17) is 5.73 Å². The van der Waals surface area contributed by atoms with Gasteiger partial charge in [-0.1, -0.05) is 26.0 Å². The Bertz CT molecular complexity index is 388. The van der Waals surface area contributed by atoms with Crippen molar-refractivity contribution in [3.8, 4) is 5.75 Å². The monoisotopic (exact) mass is 261 g/mol. The molecule has 1 aliphatic carbocycles. The second-order valence-electron chi connectivity index (χ2n) is 6.63. The summed E-state index contributed by atoms with van der Waals surface area (Å²) in [5.74, 6) is 2.01. The van der Waals surface area contributed by atoms with Gasteiger partial charge < -0.3 is 10.8 Å². The first-order valence-corrected chi connectivity index (χ1v) is 7.53. The number of hydrogen-bond acceptors (Lipinski definition) is 2. The van der Waals surface area contributed by atoms with Gasteiger partial charge in [0.1, 0.15) is 5.75 Å². The Morgan fingerprint density at radius 2 is 1.79 bits per heavy atom. The van der Waals surface area contributed by atoms with Crippen molar-refractivity contribution >= 4 is 0 Å². The summed E-state index contributed by atoms with van der Waals surface area (Å²) in [5, 5.41) is 9.36. The van der Waals surface area contributed by atoms with Gasteiger partial charge in [0, 0.05) is 0 Å². The molecule has 1 aromatic carbocycles. The SMILES string of the molecule is CC(C)C1CCC(CN)(Cc2ccc(O)cc2)CC1. The highest BCUT2D eigenvalue weighted by molar-refractivity contribution is 5.26. The van der Waals surface area contributed by atoms with Crippen LogP contribution < -0.4 is 5.73 Å². The van der Waals surface area contributed by atoms with Crippen LogP contribution >= 0.6 is 0 Å². The molecular formula is C17H27NO. The van der Waals surface area contributed by atoms with Gasteiger partial charge in [-0.05, 0) is 73.6 Å². The second kappa shape index (κ2) is 5.96. The Morgan fingerprint density at radius 1 is 1.21 bits per heavy atom. The van der Waals surface area contributed by atoms with Crippen LogP contribution in [0.5, 0.6) is 5.75 Å². The second-order valence-corrected chi connectivity index (χ2v) is 6.63. The molecule has 1 aliphatic rings. The zero-order valence-electron chi connectivity index (χ0n) is 12.2. The maximum absolute atomic E-state index is 9.36. The first-order valence-electron chi connectivity index (χ1n) is 7.53. The van der Waals surface area contributed by atoms with Crippen LogP contribution in [0.15, 0.2) is 24.3 Å². The summed E-state index contributed by atoms with van der Waals surface area (Å²) in [5.41, 5.74) is 7.67. The number of phenols is 1. The third kappa shape index (κ3) is 3.50. The topological polar surface area (TPSA) is 46.2 Å². The molecule has 0 spiro atoms. The van der Waals surface area contributed by atoms with Crippen LogP contribution in [-0.2, 0) is 6.42 Å². The van der Waals surface area contributed by atoms with E-state index < -0.39 is 0 Å². The maximum Gasteiger partial charge on any atom is 0.115 e. The fourth-order valence-corrected chi connectivity index (χ4v) is 3.42. The molecule has 1 aromatic rings. The van der Waals surface area contributed by atoms with Crippen molar-refractivity contribution in [1.82, 2.24) is 0 Å². The van der Waals surface area contributed by atoms with E-state index in [1.54, 1.807) is 12.1 Å². The van der Waals surface area contributed by atoms with Crippen LogP contribution in [0.4, 0.5) is 0 Å². The van der Waals surface area contributed by atoms with E-state index in [0.29, 0.717) is 5.75 Å². The molecular weight excluding hydrogens is 234 g/mol. The van der Waals surface area contributed by atoms with Crippen molar-refractivity contribution in [2.24, 2.45) is 23.0 Å². The average molecular weight is 261 g/mol. The van der Waals surface area contributed by atoms with Crippen LogP contribution in [0.3, 0.4) is 0 Å². The zero-order chi connectivity index (χ0) is 13.9. The van der Waals surface area contributed by atoms with Crippen LogP contribution in [0.2, 0.25) is 0 Å². The van der Waals surface area contributed by atoms with Gasteiger partial charge in [-0.3, -0.25) is 0 Å². The van der Waals surface area contributed by atoms with E-state index in [1.807, 2.05) is 12.1 Å². The van der Waals surface area contributed by atoms with Crippen molar-refractivity contribution in [3.63, 3.8) is 0 Å². The number of benzene rings is 1. The molecule has 0 heterocycles. The zero-order valence-corrected chi connectivity index (χ0v) is 12.2. The molecule has 0 unspecified atom stereocenters. The van der Waals surface area contributed by atoms with Gasteiger partial charge >= 0.3 is 0 Å². The summed E-state index contributed by atoms with van der Waals surface area (Å²) in [6.07, 6.45) is 6.16. The van der Waals surface area contributed by atoms with E-state index in [2.05, 4.69) is 13.8 Å². The van der Waals surface area contributed by atoms with Crippen molar-refractivity contribution in [3.05, 3.63) is 29.8 Å². The average Bonchev–Trinajstić information content (AvgIpc) is 2.42. The lowest BCUT2D eigenvalue weighted by molar-refractivity contribution is 0.132. The summed E-state index contributed by atoms with van der Waals surface area (Å²) < 4.78 is 0. The molecule has 2 heteroatoms. The van der Waals surface area contributed by atoms with Crippen LogP contribution in [0, 0.1) is 17.3 Å². The number of nitrogens with two attached hydrogens (primary N) is 1. The minimum atomic E-state index is 0.280. The predicted octanol–water partition coefficient (Wildman–Crippen LogP) is 3.73. The molecule has 0 bridgehead atoms. The minimum Gasteiger partial charge on any atom is -0.508 e. The molecule has 0 aliphatic heterocycles. The lowest BCUT2D eigenvalue weighted by Crippen LogP contribution is -2.37. The molecule has 1 saturated carbocycles. The molecule has 1 fully saturated rings. The Balaban J connectivity index is 2.02. The predicted molar refractivity (Wildman–Crippen MR) is 80.1 cm³/mol. The normalized spacial score (nSPS) is 27.7. The molecule has 0 saturated heterocycles. The largest absolute Gasteiger partial charge is 0.508 e. The fraction of sp³-hybridized carbons (Fsp3) is 0.647. The fourth-order valence-electron chi connectivity index (χ4n) is 3.42. The summed E-state index contributed by atoms with van der Waals surface area (Å²) in [4.78, 5) is 0. The van der Waals surface area contributed by atoms with Crippen LogP contribution in [0.25, 0.3) is 0 Å². The van der Waals surface area contributed by atoms with Crippen molar-refractivity contribution in [2.45, 2.75) is 46.0 Å². The third-order valence-electron chi connectivity index (χ3n) is 4.98. The first kappa shape index (κ1) is 14.4. The first-order chi connectivity index (χ1) is 9.04. The number of phenolic OH excluding ortho intramolecular Hbond substituents is 1. The van der Waals surface area contributed by atoms with Gasteiger partial charge in [0.2, 0.25) is 0 Å². The molecule has 0 radical (unpaired) electrons. The van der Waals surface area contributed by atoms with Gasteiger partial charge in [-0.2, -0.15) is 0 Å². The van der Waals surface area contributed by atoms with E-state index in [-0.39, 0.29) is 5.41 Å². The summed E-state index contributed by atoms with van der Waals surface area (Å²) >= 11 is 0. The summed E-state index contributed by atoms with van der Waals surface area (Å²) in [7, 11) is 0. The highest BCUT2D eigenvalue weighted by Gasteiger charge is 2.34. The van der Waals surface area contributed by atoms with Crippen LogP contribution in [-0.4, -0.2) is 11.7 Å². The Morgan fingerprint density at radius 3 is 2.26 bits per heavy atom. The number of aromatic hydroxyl groups is 1. The summed E-state index contributed by atoms with van der Waals surface area (Å²) in [6, 6.07) is 7.61.